The Morgan fingerprint density at radius 3 is 2.02 bits per heavy atom. The Labute approximate surface area is 241 Å². The highest BCUT2D eigenvalue weighted by Gasteiger charge is 2.38. The molecule has 0 atom stereocenters. The second kappa shape index (κ2) is 15.8. The first-order valence-corrected chi connectivity index (χ1v) is 12.6. The SMILES string of the molecule is CN(Cc1cccnc1)Cc1cccc(-c2nc(C3CCNCC3)cc(=O)[nH]2)c1.O=C(O)C(F)(F)F.O=C(O)C(F)(F)F. The number of rotatable bonds is 6. The van der Waals surface area contributed by atoms with E-state index in [2.05, 4.69) is 45.4 Å². The third kappa shape index (κ3) is 12.6. The topological polar surface area (TPSA) is 149 Å². The lowest BCUT2D eigenvalue weighted by atomic mass is 9.94. The van der Waals surface area contributed by atoms with Crippen LogP contribution in [0.2, 0.25) is 0 Å². The molecule has 10 nitrogen and oxygen atoms in total. The predicted octanol–water partition coefficient (Wildman–Crippen LogP) is 4.20. The van der Waals surface area contributed by atoms with Crippen molar-refractivity contribution >= 4 is 11.9 Å². The van der Waals surface area contributed by atoms with Gasteiger partial charge in [0.2, 0.25) is 0 Å². The van der Waals surface area contributed by atoms with Crippen LogP contribution in [0.5, 0.6) is 0 Å². The summed E-state index contributed by atoms with van der Waals surface area (Å²) in [4.78, 5) is 44.2. The van der Waals surface area contributed by atoms with E-state index in [0.717, 1.165) is 50.3 Å². The maximum absolute atomic E-state index is 12.3. The fourth-order valence-corrected chi connectivity index (χ4v) is 3.93. The van der Waals surface area contributed by atoms with Gasteiger partial charge in [-0.05, 0) is 56.2 Å². The summed E-state index contributed by atoms with van der Waals surface area (Å²) in [5, 5.41) is 17.6. The molecule has 0 saturated carbocycles. The van der Waals surface area contributed by atoms with Crippen LogP contribution < -0.4 is 10.9 Å². The monoisotopic (exact) mass is 617 g/mol. The lowest BCUT2D eigenvalue weighted by Gasteiger charge is -2.22. The van der Waals surface area contributed by atoms with E-state index < -0.39 is 24.3 Å². The summed E-state index contributed by atoms with van der Waals surface area (Å²) < 4.78 is 63.5. The summed E-state index contributed by atoms with van der Waals surface area (Å²) in [7, 11) is 2.09. The van der Waals surface area contributed by atoms with E-state index in [9.17, 15) is 31.1 Å². The Balaban J connectivity index is 0.000000384. The molecular formula is C27H29F6N5O5. The average Bonchev–Trinajstić information content (AvgIpc) is 2.93. The van der Waals surface area contributed by atoms with Crippen molar-refractivity contribution < 1.29 is 46.1 Å². The first kappa shape index (κ1) is 34.9. The predicted molar refractivity (Wildman–Crippen MR) is 142 cm³/mol. The normalized spacial score (nSPS) is 13.8. The number of H-pyrrole nitrogens is 1. The Kier molecular flexibility index (Phi) is 12.8. The summed E-state index contributed by atoms with van der Waals surface area (Å²) >= 11 is 0. The third-order valence-electron chi connectivity index (χ3n) is 5.83. The molecule has 16 heteroatoms. The van der Waals surface area contributed by atoms with E-state index in [1.165, 1.54) is 11.1 Å². The minimum absolute atomic E-state index is 0.0809. The van der Waals surface area contributed by atoms with E-state index in [0.29, 0.717) is 11.7 Å². The van der Waals surface area contributed by atoms with E-state index in [4.69, 9.17) is 24.8 Å². The van der Waals surface area contributed by atoms with Gasteiger partial charge in [0.15, 0.2) is 0 Å². The van der Waals surface area contributed by atoms with Crippen LogP contribution in [0.1, 0.15) is 35.6 Å². The number of carboxylic acids is 2. The quantitative estimate of drug-likeness (QED) is 0.299. The van der Waals surface area contributed by atoms with Gasteiger partial charge in [0.25, 0.3) is 5.56 Å². The van der Waals surface area contributed by atoms with Gasteiger partial charge < -0.3 is 20.5 Å². The number of hydrogen-bond donors (Lipinski definition) is 4. The van der Waals surface area contributed by atoms with Crippen LogP contribution in [-0.2, 0) is 22.7 Å². The van der Waals surface area contributed by atoms with Crippen molar-refractivity contribution in [1.82, 2.24) is 25.2 Å². The molecule has 1 aromatic carbocycles. The minimum atomic E-state index is -5.08. The number of carboxylic acid groups (broad SMARTS) is 2. The standard InChI is InChI=1S/C23H27N5O.2C2HF3O2/c1-28(16-18-5-3-9-25-14-18)15-17-4-2-6-20(12-17)23-26-21(13-22(29)27-23)19-7-10-24-11-8-19;2*3-2(4,5)1(6)7/h2-6,9,12-14,19,24H,7-8,10-11,15-16H2,1H3,(H,26,27,29);2*(H,6,7). The first-order chi connectivity index (χ1) is 20.1. The van der Waals surface area contributed by atoms with Gasteiger partial charge in [-0.1, -0.05) is 24.3 Å². The zero-order chi connectivity index (χ0) is 32.2. The van der Waals surface area contributed by atoms with Crippen molar-refractivity contribution in [2.45, 2.75) is 44.2 Å². The van der Waals surface area contributed by atoms with Crippen LogP contribution in [-0.4, -0.2) is 74.5 Å². The number of nitrogens with zero attached hydrogens (tertiary/aromatic N) is 3. The molecule has 1 fully saturated rings. The molecule has 3 heterocycles. The highest BCUT2D eigenvalue weighted by Crippen LogP contribution is 2.25. The number of pyridine rings is 1. The van der Waals surface area contributed by atoms with Gasteiger partial charge in [-0.2, -0.15) is 26.3 Å². The van der Waals surface area contributed by atoms with Crippen molar-refractivity contribution in [2.24, 2.45) is 0 Å². The van der Waals surface area contributed by atoms with Gasteiger partial charge in [0.05, 0.1) is 5.69 Å². The van der Waals surface area contributed by atoms with Crippen molar-refractivity contribution in [3.05, 3.63) is 82.0 Å². The van der Waals surface area contributed by atoms with Crippen LogP contribution in [0.3, 0.4) is 0 Å². The van der Waals surface area contributed by atoms with Crippen LogP contribution in [0, 0.1) is 0 Å². The zero-order valence-electron chi connectivity index (χ0n) is 22.7. The summed E-state index contributed by atoms with van der Waals surface area (Å²) in [5.74, 6) is -4.51. The molecule has 4 N–H and O–H groups in total. The third-order valence-corrected chi connectivity index (χ3v) is 5.83. The molecule has 1 saturated heterocycles. The molecule has 43 heavy (non-hydrogen) atoms. The maximum atomic E-state index is 12.3. The number of halogens is 6. The van der Waals surface area contributed by atoms with Crippen molar-refractivity contribution in [1.29, 1.82) is 0 Å². The molecular weight excluding hydrogens is 588 g/mol. The number of aromatic nitrogens is 3. The van der Waals surface area contributed by atoms with Crippen molar-refractivity contribution in [3.63, 3.8) is 0 Å². The van der Waals surface area contributed by atoms with Gasteiger partial charge in [0, 0.05) is 43.0 Å². The van der Waals surface area contributed by atoms with Crippen LogP contribution in [0.25, 0.3) is 11.4 Å². The molecule has 3 aromatic rings. The number of nitrogens with one attached hydrogen (secondary N) is 2. The molecule has 234 valence electrons. The second-order valence-electron chi connectivity index (χ2n) is 9.38. The summed E-state index contributed by atoms with van der Waals surface area (Å²) in [5.41, 5.74) is 4.15. The molecule has 1 aliphatic heterocycles. The Hall–Kier alpha value is -4.31. The zero-order valence-corrected chi connectivity index (χ0v) is 22.7. The number of alkyl halides is 6. The molecule has 0 unspecified atom stereocenters. The van der Waals surface area contributed by atoms with Crippen molar-refractivity contribution in [3.8, 4) is 11.4 Å². The molecule has 0 bridgehead atoms. The molecule has 2 aromatic heterocycles. The molecule has 0 spiro atoms. The maximum Gasteiger partial charge on any atom is 0.490 e. The highest BCUT2D eigenvalue weighted by molar-refractivity contribution is 5.73. The second-order valence-corrected chi connectivity index (χ2v) is 9.38. The van der Waals surface area contributed by atoms with Crippen molar-refractivity contribution in [2.75, 3.05) is 20.1 Å². The molecule has 0 radical (unpaired) electrons. The lowest BCUT2D eigenvalue weighted by Crippen LogP contribution is -2.28. The fourth-order valence-electron chi connectivity index (χ4n) is 3.93. The number of carbonyl (C=O) groups is 2. The average molecular weight is 618 g/mol. The fraction of sp³-hybridized carbons (Fsp3) is 0.370. The molecule has 0 amide bonds. The first-order valence-electron chi connectivity index (χ1n) is 12.6. The highest BCUT2D eigenvalue weighted by atomic mass is 19.4. The van der Waals surface area contributed by atoms with E-state index >= 15 is 0 Å². The smallest absolute Gasteiger partial charge is 0.475 e. The van der Waals surface area contributed by atoms with Gasteiger partial charge in [-0.15, -0.1) is 0 Å². The summed E-state index contributed by atoms with van der Waals surface area (Å²) in [6, 6.07) is 14.0. The number of piperidine rings is 1. The number of aromatic amines is 1. The molecule has 0 aliphatic carbocycles. The number of benzene rings is 1. The van der Waals surface area contributed by atoms with E-state index in [-0.39, 0.29) is 5.56 Å². The lowest BCUT2D eigenvalue weighted by molar-refractivity contribution is -0.193. The molecule has 1 aliphatic rings. The van der Waals surface area contributed by atoms with Gasteiger partial charge in [-0.25, -0.2) is 14.6 Å². The Bertz CT molecular complexity index is 1370. The summed E-state index contributed by atoms with van der Waals surface area (Å²) in [6.45, 7) is 3.60. The largest absolute Gasteiger partial charge is 0.490 e. The Morgan fingerprint density at radius 2 is 1.49 bits per heavy atom. The summed E-state index contributed by atoms with van der Waals surface area (Å²) in [6.07, 6.45) is -4.43. The minimum Gasteiger partial charge on any atom is -0.475 e. The van der Waals surface area contributed by atoms with E-state index in [1.807, 2.05) is 24.4 Å². The molecule has 4 rings (SSSR count). The van der Waals surface area contributed by atoms with Crippen LogP contribution in [0.4, 0.5) is 26.3 Å². The van der Waals surface area contributed by atoms with E-state index in [1.54, 1.807) is 12.3 Å². The number of hydrogen-bond acceptors (Lipinski definition) is 7. The number of aliphatic carboxylic acids is 2. The van der Waals surface area contributed by atoms with Gasteiger partial charge in [-0.3, -0.25) is 14.7 Å². The van der Waals surface area contributed by atoms with Crippen LogP contribution >= 0.6 is 0 Å². The van der Waals surface area contributed by atoms with Gasteiger partial charge in [0.1, 0.15) is 5.82 Å². The van der Waals surface area contributed by atoms with Crippen LogP contribution in [0.15, 0.2) is 59.7 Å². The van der Waals surface area contributed by atoms with Gasteiger partial charge >= 0.3 is 24.3 Å². The Morgan fingerprint density at radius 1 is 0.930 bits per heavy atom.